The molecule has 2 aromatic carbocycles. The van der Waals surface area contributed by atoms with Crippen LogP contribution < -0.4 is 5.56 Å². The van der Waals surface area contributed by atoms with Crippen molar-refractivity contribution in [2.75, 3.05) is 0 Å². The number of rotatable bonds is 4. The maximum Gasteiger partial charge on any atom is 0.416 e. The van der Waals surface area contributed by atoms with E-state index in [4.69, 9.17) is 16.1 Å². The number of nitrogens with zero attached hydrogens (tertiary/aromatic N) is 3. The van der Waals surface area contributed by atoms with Crippen LogP contribution in [-0.4, -0.2) is 14.7 Å². The maximum absolute atomic E-state index is 12.9. The largest absolute Gasteiger partial charge is 0.416 e. The molecule has 9 heteroatoms. The Morgan fingerprint density at radius 3 is 2.53 bits per heavy atom. The number of hydrogen-bond acceptors (Lipinski definition) is 4. The zero-order valence-corrected chi connectivity index (χ0v) is 16.0. The van der Waals surface area contributed by atoms with E-state index in [9.17, 15) is 18.0 Å². The molecule has 0 N–H and O–H groups in total. The van der Waals surface area contributed by atoms with Gasteiger partial charge < -0.3 is 9.09 Å². The van der Waals surface area contributed by atoms with Crippen molar-refractivity contribution in [3.8, 4) is 22.8 Å². The molecule has 0 atom stereocenters. The second-order valence-electron chi connectivity index (χ2n) is 6.46. The average molecular weight is 432 g/mol. The maximum atomic E-state index is 12.9. The van der Waals surface area contributed by atoms with Gasteiger partial charge in [-0.05, 0) is 42.0 Å². The molecule has 0 saturated carbocycles. The molecule has 0 aliphatic rings. The van der Waals surface area contributed by atoms with Crippen molar-refractivity contribution in [1.82, 2.24) is 14.7 Å². The minimum atomic E-state index is -4.46. The molecule has 0 bridgehead atoms. The molecule has 0 unspecified atom stereocenters. The SMILES string of the molecule is O=c1c(-c2nc(-c3ccccc3Cl)no2)cccn1Cc1cccc(C(F)(F)F)c1. The highest BCUT2D eigenvalue weighted by atomic mass is 35.5. The van der Waals surface area contributed by atoms with Gasteiger partial charge in [0.25, 0.3) is 11.4 Å². The van der Waals surface area contributed by atoms with Gasteiger partial charge >= 0.3 is 6.18 Å². The number of aromatic nitrogens is 3. The lowest BCUT2D eigenvalue weighted by Gasteiger charge is -2.10. The van der Waals surface area contributed by atoms with Crippen molar-refractivity contribution in [2.24, 2.45) is 0 Å². The number of halogens is 4. The number of alkyl halides is 3. The molecule has 0 fully saturated rings. The van der Waals surface area contributed by atoms with Crippen LogP contribution in [-0.2, 0) is 12.7 Å². The molecule has 5 nitrogen and oxygen atoms in total. The number of hydrogen-bond donors (Lipinski definition) is 0. The second-order valence-corrected chi connectivity index (χ2v) is 6.86. The van der Waals surface area contributed by atoms with Gasteiger partial charge in [0.2, 0.25) is 5.82 Å². The van der Waals surface area contributed by atoms with Crippen LogP contribution in [0.15, 0.2) is 76.2 Å². The minimum Gasteiger partial charge on any atom is -0.333 e. The van der Waals surface area contributed by atoms with Crippen molar-refractivity contribution < 1.29 is 17.7 Å². The summed E-state index contributed by atoms with van der Waals surface area (Å²) in [6.07, 6.45) is -2.97. The lowest BCUT2D eigenvalue weighted by molar-refractivity contribution is -0.137. The molecule has 0 saturated heterocycles. The Morgan fingerprint density at radius 2 is 1.77 bits per heavy atom. The second kappa shape index (κ2) is 7.79. The van der Waals surface area contributed by atoms with E-state index in [0.29, 0.717) is 16.1 Å². The topological polar surface area (TPSA) is 60.9 Å². The first-order valence-corrected chi connectivity index (χ1v) is 9.15. The van der Waals surface area contributed by atoms with Crippen molar-refractivity contribution >= 4 is 11.6 Å². The molecule has 4 rings (SSSR count). The molecule has 0 spiro atoms. The zero-order chi connectivity index (χ0) is 21.3. The Bertz CT molecular complexity index is 1260. The van der Waals surface area contributed by atoms with Crippen LogP contribution in [0, 0.1) is 0 Å². The van der Waals surface area contributed by atoms with Gasteiger partial charge in [-0.25, -0.2) is 0 Å². The number of benzene rings is 2. The third-order valence-corrected chi connectivity index (χ3v) is 4.73. The minimum absolute atomic E-state index is 0.00619. The number of pyridine rings is 1. The Hall–Kier alpha value is -3.39. The predicted octanol–water partition coefficient (Wildman–Crippen LogP) is 5.29. The molecule has 2 aromatic heterocycles. The highest BCUT2D eigenvalue weighted by molar-refractivity contribution is 6.33. The first kappa shape index (κ1) is 19.9. The van der Waals surface area contributed by atoms with Crippen LogP contribution in [0.25, 0.3) is 22.8 Å². The van der Waals surface area contributed by atoms with E-state index in [1.165, 1.54) is 29.0 Å². The summed E-state index contributed by atoms with van der Waals surface area (Å²) in [5, 5.41) is 4.30. The quantitative estimate of drug-likeness (QED) is 0.440. The van der Waals surface area contributed by atoms with Gasteiger partial charge in [0.1, 0.15) is 5.56 Å². The fourth-order valence-electron chi connectivity index (χ4n) is 2.95. The third-order valence-electron chi connectivity index (χ3n) is 4.40. The van der Waals surface area contributed by atoms with Gasteiger partial charge in [0, 0.05) is 11.8 Å². The van der Waals surface area contributed by atoms with E-state index in [0.717, 1.165) is 12.1 Å². The zero-order valence-electron chi connectivity index (χ0n) is 15.2. The highest BCUT2D eigenvalue weighted by Gasteiger charge is 2.30. The summed E-state index contributed by atoms with van der Waals surface area (Å²) in [5.74, 6) is 0.219. The summed E-state index contributed by atoms with van der Waals surface area (Å²) < 4.78 is 45.3. The smallest absolute Gasteiger partial charge is 0.333 e. The van der Waals surface area contributed by atoms with E-state index in [1.807, 2.05) is 0 Å². The van der Waals surface area contributed by atoms with Crippen LogP contribution in [0.1, 0.15) is 11.1 Å². The molecule has 0 radical (unpaired) electrons. The first-order chi connectivity index (χ1) is 14.3. The summed E-state index contributed by atoms with van der Waals surface area (Å²) in [6, 6.07) is 14.8. The molecule has 0 aliphatic heterocycles. The van der Waals surface area contributed by atoms with E-state index in [2.05, 4.69) is 10.1 Å². The summed E-state index contributed by atoms with van der Waals surface area (Å²) in [7, 11) is 0. The normalized spacial score (nSPS) is 11.6. The van der Waals surface area contributed by atoms with Crippen LogP contribution in [0.3, 0.4) is 0 Å². The van der Waals surface area contributed by atoms with Gasteiger partial charge in [-0.2, -0.15) is 18.2 Å². The van der Waals surface area contributed by atoms with E-state index in [1.54, 1.807) is 30.3 Å². The Balaban J connectivity index is 1.67. The summed E-state index contributed by atoms with van der Waals surface area (Å²) >= 11 is 6.14. The molecule has 4 aromatic rings. The predicted molar refractivity (Wildman–Crippen MR) is 105 cm³/mol. The van der Waals surface area contributed by atoms with Crippen molar-refractivity contribution in [3.63, 3.8) is 0 Å². The summed E-state index contributed by atoms with van der Waals surface area (Å²) in [5.41, 5.74) is -0.217. The Kier molecular flexibility index (Phi) is 5.17. The molecule has 0 aliphatic carbocycles. The van der Waals surface area contributed by atoms with Crippen LogP contribution >= 0.6 is 11.6 Å². The van der Waals surface area contributed by atoms with Crippen LogP contribution in [0.2, 0.25) is 5.02 Å². The molecule has 2 heterocycles. The highest BCUT2D eigenvalue weighted by Crippen LogP contribution is 2.30. The standard InChI is InChI=1S/C21H13ClF3N3O2/c22-17-9-2-1-7-15(17)18-26-19(30-27-18)16-8-4-10-28(20(16)29)12-13-5-3-6-14(11-13)21(23,24)25/h1-11H,12H2. The molecular weight excluding hydrogens is 419 g/mol. The lowest BCUT2D eigenvalue weighted by atomic mass is 10.1. The van der Waals surface area contributed by atoms with Gasteiger partial charge in [-0.15, -0.1) is 0 Å². The Labute approximate surface area is 173 Å². The van der Waals surface area contributed by atoms with Gasteiger partial charge in [-0.1, -0.05) is 41.0 Å². The van der Waals surface area contributed by atoms with Gasteiger partial charge in [0.15, 0.2) is 0 Å². The monoisotopic (exact) mass is 431 g/mol. The molecule has 152 valence electrons. The first-order valence-electron chi connectivity index (χ1n) is 8.77. The van der Waals surface area contributed by atoms with Crippen LogP contribution in [0.5, 0.6) is 0 Å². The Morgan fingerprint density at radius 1 is 1.00 bits per heavy atom. The van der Waals surface area contributed by atoms with Gasteiger partial charge in [-0.3, -0.25) is 4.79 Å². The fourth-order valence-corrected chi connectivity index (χ4v) is 3.17. The third kappa shape index (κ3) is 3.99. The van der Waals surface area contributed by atoms with Crippen LogP contribution in [0.4, 0.5) is 13.2 Å². The van der Waals surface area contributed by atoms with E-state index in [-0.39, 0.29) is 23.8 Å². The van der Waals surface area contributed by atoms with E-state index >= 15 is 0 Å². The lowest BCUT2D eigenvalue weighted by Crippen LogP contribution is -2.21. The summed E-state index contributed by atoms with van der Waals surface area (Å²) in [4.78, 5) is 17.1. The molecule has 30 heavy (non-hydrogen) atoms. The summed E-state index contributed by atoms with van der Waals surface area (Å²) in [6.45, 7) is -0.0396. The fraction of sp³-hybridized carbons (Fsp3) is 0.0952. The molecule has 0 amide bonds. The average Bonchev–Trinajstić information content (AvgIpc) is 3.19. The van der Waals surface area contributed by atoms with Crippen molar-refractivity contribution in [3.05, 3.63) is 93.4 Å². The van der Waals surface area contributed by atoms with Crippen molar-refractivity contribution in [2.45, 2.75) is 12.7 Å². The van der Waals surface area contributed by atoms with Crippen molar-refractivity contribution in [1.29, 1.82) is 0 Å². The van der Waals surface area contributed by atoms with Gasteiger partial charge in [0.05, 0.1) is 17.1 Å². The molecular formula is C21H13ClF3N3O2. The van der Waals surface area contributed by atoms with E-state index < -0.39 is 17.3 Å².